The molecule has 0 spiro atoms. The van der Waals surface area contributed by atoms with Crippen molar-refractivity contribution in [3.05, 3.63) is 98.9 Å². The van der Waals surface area contributed by atoms with Crippen molar-refractivity contribution in [1.82, 2.24) is 4.90 Å². The third-order valence-corrected chi connectivity index (χ3v) is 6.21. The second-order valence-corrected chi connectivity index (χ2v) is 9.09. The molecule has 3 aromatic carbocycles. The van der Waals surface area contributed by atoms with E-state index in [1.165, 1.54) is 11.8 Å². The fourth-order valence-corrected chi connectivity index (χ4v) is 4.02. The van der Waals surface area contributed by atoms with Gasteiger partial charge in [-0.05, 0) is 61.9 Å². The quantitative estimate of drug-likeness (QED) is 0.321. The summed E-state index contributed by atoms with van der Waals surface area (Å²) < 4.78 is 17.2. The van der Waals surface area contributed by atoms with Gasteiger partial charge in [0.2, 0.25) is 11.2 Å². The van der Waals surface area contributed by atoms with Crippen molar-refractivity contribution < 1.29 is 19.0 Å². The molecule has 0 fully saturated rings. The van der Waals surface area contributed by atoms with Gasteiger partial charge in [0.1, 0.15) is 36.1 Å². The first-order chi connectivity index (χ1) is 16.8. The van der Waals surface area contributed by atoms with Gasteiger partial charge in [0, 0.05) is 24.2 Å². The Balaban J connectivity index is 1.39. The van der Waals surface area contributed by atoms with Crippen molar-refractivity contribution >= 4 is 22.6 Å². The van der Waals surface area contributed by atoms with Crippen LogP contribution in [0.1, 0.15) is 16.7 Å². The molecule has 4 aromatic rings. The van der Waals surface area contributed by atoms with E-state index in [2.05, 4.69) is 12.1 Å². The van der Waals surface area contributed by atoms with E-state index in [1.54, 1.807) is 30.3 Å². The van der Waals surface area contributed by atoms with Crippen molar-refractivity contribution in [1.29, 1.82) is 0 Å². The van der Waals surface area contributed by atoms with Crippen molar-refractivity contribution in [3.63, 3.8) is 0 Å². The number of likely N-dealkylation sites (N-methyl/N-ethyl adjacent to an activating group) is 1. The molecule has 0 saturated carbocycles. The van der Waals surface area contributed by atoms with Crippen LogP contribution >= 0.6 is 11.6 Å². The summed E-state index contributed by atoms with van der Waals surface area (Å²) in [6, 6.07) is 18.6. The molecule has 35 heavy (non-hydrogen) atoms. The molecular weight excluding hydrogens is 466 g/mol. The molecule has 0 bridgehead atoms. The van der Waals surface area contributed by atoms with E-state index in [0.717, 1.165) is 17.7 Å². The van der Waals surface area contributed by atoms with Gasteiger partial charge in [-0.3, -0.25) is 9.69 Å². The number of hydrogen-bond acceptors (Lipinski definition) is 6. The highest BCUT2D eigenvalue weighted by Gasteiger charge is 2.13. The Labute approximate surface area is 209 Å². The molecule has 0 radical (unpaired) electrons. The standard InChI is InChI=1S/C28H28ClNO5/c1-18-11-23(12-19(2)27(18)29)35-26-17-34-25-13-22(9-10-24(25)28(26)32)33-16-21(31)15-30(3)14-20-7-5-4-6-8-20/h4-13,17,21,31H,14-16H2,1-3H3/t21-/m1/s1. The summed E-state index contributed by atoms with van der Waals surface area (Å²) in [5.41, 5.74) is 2.99. The Morgan fingerprint density at radius 2 is 1.74 bits per heavy atom. The van der Waals surface area contributed by atoms with Crippen LogP contribution in [0.15, 0.2) is 76.1 Å². The smallest absolute Gasteiger partial charge is 0.235 e. The molecule has 1 atom stereocenters. The SMILES string of the molecule is Cc1cc(Oc2coc3cc(OC[C@H](O)CN(C)Cc4ccccc4)ccc3c2=O)cc(C)c1Cl. The molecule has 0 saturated heterocycles. The molecule has 6 nitrogen and oxygen atoms in total. The summed E-state index contributed by atoms with van der Waals surface area (Å²) in [4.78, 5) is 15.0. The first-order valence-corrected chi connectivity index (χ1v) is 11.7. The Morgan fingerprint density at radius 1 is 1.03 bits per heavy atom. The maximum atomic E-state index is 12.9. The lowest BCUT2D eigenvalue weighted by Crippen LogP contribution is -2.32. The lowest BCUT2D eigenvalue weighted by molar-refractivity contribution is 0.0744. The lowest BCUT2D eigenvalue weighted by atomic mass is 10.1. The molecule has 182 valence electrons. The number of rotatable bonds is 9. The fourth-order valence-electron chi connectivity index (χ4n) is 3.91. The topological polar surface area (TPSA) is 72.1 Å². The van der Waals surface area contributed by atoms with Gasteiger partial charge in [0.15, 0.2) is 0 Å². The minimum Gasteiger partial charge on any atom is -0.491 e. The summed E-state index contributed by atoms with van der Waals surface area (Å²) >= 11 is 6.21. The molecule has 0 aliphatic rings. The molecule has 1 heterocycles. The molecule has 0 aliphatic heterocycles. The first kappa shape index (κ1) is 24.8. The van der Waals surface area contributed by atoms with Crippen molar-refractivity contribution in [2.24, 2.45) is 0 Å². The van der Waals surface area contributed by atoms with E-state index in [0.29, 0.717) is 34.0 Å². The van der Waals surface area contributed by atoms with Gasteiger partial charge >= 0.3 is 0 Å². The number of aryl methyl sites for hydroxylation is 2. The predicted molar refractivity (Wildman–Crippen MR) is 138 cm³/mol. The van der Waals surface area contributed by atoms with E-state index >= 15 is 0 Å². The zero-order chi connectivity index (χ0) is 24.9. The predicted octanol–water partition coefficient (Wildman–Crippen LogP) is 5.73. The minimum atomic E-state index is -0.673. The van der Waals surface area contributed by atoms with Gasteiger partial charge in [0.05, 0.1) is 5.39 Å². The van der Waals surface area contributed by atoms with Crippen molar-refractivity contribution in [2.75, 3.05) is 20.2 Å². The van der Waals surface area contributed by atoms with Crippen LogP contribution in [-0.2, 0) is 6.54 Å². The Hall–Kier alpha value is -3.32. The van der Waals surface area contributed by atoms with Gasteiger partial charge < -0.3 is 19.0 Å². The molecule has 0 aliphatic carbocycles. The molecule has 1 aromatic heterocycles. The zero-order valence-electron chi connectivity index (χ0n) is 20.0. The van der Waals surface area contributed by atoms with Crippen LogP contribution in [0.5, 0.6) is 17.2 Å². The number of aliphatic hydroxyl groups is 1. The first-order valence-electron chi connectivity index (χ1n) is 11.3. The average Bonchev–Trinajstić information content (AvgIpc) is 2.83. The average molecular weight is 494 g/mol. The minimum absolute atomic E-state index is 0.0872. The van der Waals surface area contributed by atoms with Gasteiger partial charge in [-0.1, -0.05) is 41.9 Å². The molecule has 7 heteroatoms. The largest absolute Gasteiger partial charge is 0.491 e. The van der Waals surface area contributed by atoms with Crippen LogP contribution in [0.3, 0.4) is 0 Å². The van der Waals surface area contributed by atoms with Gasteiger partial charge in [-0.15, -0.1) is 0 Å². The summed E-state index contributed by atoms with van der Waals surface area (Å²) in [5.74, 6) is 1.11. The van der Waals surface area contributed by atoms with E-state index < -0.39 is 6.10 Å². The molecule has 4 rings (SSSR count). The number of halogens is 1. The zero-order valence-corrected chi connectivity index (χ0v) is 20.7. The highest BCUT2D eigenvalue weighted by molar-refractivity contribution is 6.32. The van der Waals surface area contributed by atoms with Crippen LogP contribution in [0.25, 0.3) is 11.0 Å². The second-order valence-electron chi connectivity index (χ2n) is 8.71. The molecule has 0 amide bonds. The van der Waals surface area contributed by atoms with Gasteiger partial charge in [-0.25, -0.2) is 0 Å². The Bertz CT molecular complexity index is 1350. The number of aliphatic hydroxyl groups excluding tert-OH is 1. The third-order valence-electron chi connectivity index (χ3n) is 5.61. The van der Waals surface area contributed by atoms with Gasteiger partial charge in [-0.2, -0.15) is 0 Å². The summed E-state index contributed by atoms with van der Waals surface area (Å²) in [6.45, 7) is 5.07. The van der Waals surface area contributed by atoms with E-state index in [4.69, 9.17) is 25.5 Å². The number of ether oxygens (including phenoxy) is 2. The Kier molecular flexibility index (Phi) is 7.76. The summed E-state index contributed by atoms with van der Waals surface area (Å²) in [7, 11) is 1.95. The Morgan fingerprint density at radius 3 is 2.46 bits per heavy atom. The second kappa shape index (κ2) is 11.0. The van der Waals surface area contributed by atoms with Crippen LogP contribution in [0, 0.1) is 13.8 Å². The van der Waals surface area contributed by atoms with Crippen LogP contribution < -0.4 is 14.9 Å². The van der Waals surface area contributed by atoms with E-state index in [1.807, 2.05) is 44.0 Å². The third kappa shape index (κ3) is 6.22. The maximum absolute atomic E-state index is 12.9. The molecule has 1 N–H and O–H groups in total. The number of benzene rings is 3. The normalized spacial score (nSPS) is 12.2. The van der Waals surface area contributed by atoms with Crippen LogP contribution in [0.2, 0.25) is 5.02 Å². The van der Waals surface area contributed by atoms with Crippen molar-refractivity contribution in [3.8, 4) is 17.2 Å². The molecular formula is C28H28ClNO5. The van der Waals surface area contributed by atoms with E-state index in [-0.39, 0.29) is 17.8 Å². The summed E-state index contributed by atoms with van der Waals surface area (Å²) in [5, 5.41) is 11.4. The van der Waals surface area contributed by atoms with Crippen LogP contribution in [-0.4, -0.2) is 36.3 Å². The number of hydrogen-bond donors (Lipinski definition) is 1. The lowest BCUT2D eigenvalue weighted by Gasteiger charge is -2.21. The highest BCUT2D eigenvalue weighted by atomic mass is 35.5. The van der Waals surface area contributed by atoms with Crippen molar-refractivity contribution in [2.45, 2.75) is 26.5 Å². The van der Waals surface area contributed by atoms with Crippen LogP contribution in [0.4, 0.5) is 0 Å². The number of nitrogens with zero attached hydrogens (tertiary/aromatic N) is 1. The van der Waals surface area contributed by atoms with Gasteiger partial charge in [0.25, 0.3) is 0 Å². The van der Waals surface area contributed by atoms with E-state index in [9.17, 15) is 9.90 Å². The highest BCUT2D eigenvalue weighted by Crippen LogP contribution is 2.29. The fraction of sp³-hybridized carbons (Fsp3) is 0.250. The summed E-state index contributed by atoms with van der Waals surface area (Å²) in [6.07, 6.45) is 0.620. The monoisotopic (exact) mass is 493 g/mol. The number of fused-ring (bicyclic) bond motifs is 1. The maximum Gasteiger partial charge on any atom is 0.235 e. The molecule has 0 unspecified atom stereocenters.